The van der Waals surface area contributed by atoms with Crippen molar-refractivity contribution < 1.29 is 9.53 Å². The molecule has 1 amide bonds. The number of hydrogen-bond acceptors (Lipinski definition) is 4. The maximum absolute atomic E-state index is 12.7. The molecule has 1 aromatic rings. The van der Waals surface area contributed by atoms with Crippen LogP contribution in [-0.4, -0.2) is 49.8 Å². The van der Waals surface area contributed by atoms with E-state index in [9.17, 15) is 4.79 Å². The lowest BCUT2D eigenvalue weighted by Crippen LogP contribution is -2.41. The normalized spacial score (nSPS) is 15.9. The fraction of sp³-hybridized carbons (Fsp3) is 0.650. The van der Waals surface area contributed by atoms with E-state index < -0.39 is 5.60 Å². The molecule has 5 heteroatoms. The second kappa shape index (κ2) is 8.19. The molecule has 0 fully saturated rings. The fourth-order valence-corrected chi connectivity index (χ4v) is 3.27. The van der Waals surface area contributed by atoms with Gasteiger partial charge in [0.15, 0.2) is 0 Å². The monoisotopic (exact) mass is 347 g/mol. The van der Waals surface area contributed by atoms with Gasteiger partial charge in [-0.15, -0.1) is 0 Å². The molecular weight excluding hydrogens is 314 g/mol. The van der Waals surface area contributed by atoms with Crippen LogP contribution in [0.5, 0.6) is 0 Å². The number of benzene rings is 1. The summed E-state index contributed by atoms with van der Waals surface area (Å²) in [5.41, 5.74) is 2.94. The molecule has 25 heavy (non-hydrogen) atoms. The molecule has 0 radical (unpaired) electrons. The van der Waals surface area contributed by atoms with Crippen molar-refractivity contribution in [3.63, 3.8) is 0 Å². The largest absolute Gasteiger partial charge is 0.443 e. The number of rotatable bonds is 5. The van der Waals surface area contributed by atoms with E-state index in [-0.39, 0.29) is 6.09 Å². The first-order valence-corrected chi connectivity index (χ1v) is 9.17. The summed E-state index contributed by atoms with van der Waals surface area (Å²) in [4.78, 5) is 16.7. The lowest BCUT2D eigenvalue weighted by atomic mass is 9.97. The van der Waals surface area contributed by atoms with Crippen LogP contribution in [0.1, 0.15) is 45.2 Å². The molecule has 1 aromatic carbocycles. The highest BCUT2D eigenvalue weighted by Gasteiger charge is 2.29. The van der Waals surface area contributed by atoms with Gasteiger partial charge in [0.2, 0.25) is 0 Å². The maximum Gasteiger partial charge on any atom is 0.414 e. The highest BCUT2D eigenvalue weighted by molar-refractivity contribution is 5.90. The number of nitrogens with zero attached hydrogens (tertiary/aromatic N) is 2. The molecule has 5 nitrogen and oxygen atoms in total. The molecule has 1 unspecified atom stereocenters. The number of fused-ring (bicyclic) bond motifs is 1. The number of likely N-dealkylation sites (N-methyl/N-ethyl adjacent to an activating group) is 1. The zero-order valence-electron chi connectivity index (χ0n) is 16.6. The summed E-state index contributed by atoms with van der Waals surface area (Å²) in [6, 6.07) is 6.70. The summed E-state index contributed by atoms with van der Waals surface area (Å²) in [7, 11) is 4.15. The molecule has 1 aliphatic rings. The molecule has 0 bridgehead atoms. The quantitative estimate of drug-likeness (QED) is 0.886. The number of ether oxygens (including phenoxy) is 1. The molecule has 1 aliphatic heterocycles. The predicted octanol–water partition coefficient (Wildman–Crippen LogP) is 3.41. The average Bonchev–Trinajstić information content (AvgIpc) is 2.49. The van der Waals surface area contributed by atoms with Crippen molar-refractivity contribution in [3.05, 3.63) is 29.3 Å². The van der Waals surface area contributed by atoms with E-state index in [1.54, 1.807) is 0 Å². The Balaban J connectivity index is 2.19. The molecule has 0 aliphatic carbocycles. The molecule has 1 atom stereocenters. The van der Waals surface area contributed by atoms with Crippen molar-refractivity contribution in [2.24, 2.45) is 0 Å². The highest BCUT2D eigenvalue weighted by Crippen LogP contribution is 2.32. The van der Waals surface area contributed by atoms with E-state index in [4.69, 9.17) is 4.74 Å². The Hall–Kier alpha value is -1.59. The molecule has 0 spiro atoms. The third-order valence-electron chi connectivity index (χ3n) is 4.19. The Morgan fingerprint density at radius 3 is 2.72 bits per heavy atom. The number of carbonyl (C=O) groups excluding carboxylic acids is 1. The van der Waals surface area contributed by atoms with Gasteiger partial charge in [-0.3, -0.25) is 4.90 Å². The zero-order valence-corrected chi connectivity index (χ0v) is 16.6. The van der Waals surface area contributed by atoms with Gasteiger partial charge in [-0.05, 0) is 65.8 Å². The van der Waals surface area contributed by atoms with Gasteiger partial charge in [0.25, 0.3) is 0 Å². The molecule has 140 valence electrons. The zero-order chi connectivity index (χ0) is 18.6. The Morgan fingerprint density at radius 2 is 2.08 bits per heavy atom. The smallest absolute Gasteiger partial charge is 0.414 e. The molecule has 1 heterocycles. The Labute approximate surface area is 152 Å². The van der Waals surface area contributed by atoms with Crippen molar-refractivity contribution >= 4 is 11.8 Å². The average molecular weight is 348 g/mol. The van der Waals surface area contributed by atoms with E-state index >= 15 is 0 Å². The summed E-state index contributed by atoms with van der Waals surface area (Å²) in [6.45, 7) is 10.3. The van der Waals surface area contributed by atoms with Gasteiger partial charge in [-0.25, -0.2) is 4.79 Å². The second-order valence-corrected chi connectivity index (χ2v) is 8.20. The van der Waals surface area contributed by atoms with Crippen molar-refractivity contribution in [1.29, 1.82) is 0 Å². The van der Waals surface area contributed by atoms with E-state index in [1.807, 2.05) is 25.7 Å². The summed E-state index contributed by atoms with van der Waals surface area (Å²) in [6.07, 6.45) is 1.73. The fourth-order valence-electron chi connectivity index (χ4n) is 3.27. The Bertz CT molecular complexity index is 593. The van der Waals surface area contributed by atoms with E-state index in [1.165, 1.54) is 5.56 Å². The lowest BCUT2D eigenvalue weighted by molar-refractivity contribution is 0.0577. The number of para-hydroxylation sites is 1. The number of anilines is 1. The van der Waals surface area contributed by atoms with Crippen LogP contribution in [0.4, 0.5) is 10.5 Å². The van der Waals surface area contributed by atoms with Crippen LogP contribution < -0.4 is 10.2 Å². The number of nitrogens with one attached hydrogen (secondary N) is 1. The maximum atomic E-state index is 12.7. The minimum Gasteiger partial charge on any atom is -0.443 e. The lowest BCUT2D eigenvalue weighted by Gasteiger charge is -2.33. The molecule has 2 rings (SSSR count). The SMILES string of the molecule is CC(CN(C)C)NCc1cccc2c1N(C(=O)OC(C)(C)C)CCC2. The number of amides is 1. The predicted molar refractivity (Wildman–Crippen MR) is 103 cm³/mol. The van der Waals surface area contributed by atoms with Gasteiger partial charge in [0.05, 0.1) is 5.69 Å². The van der Waals surface area contributed by atoms with Crippen molar-refractivity contribution in [3.8, 4) is 0 Å². The summed E-state index contributed by atoms with van der Waals surface area (Å²) < 4.78 is 5.63. The molecule has 0 aromatic heterocycles. The van der Waals surface area contributed by atoms with Crippen LogP contribution >= 0.6 is 0 Å². The van der Waals surface area contributed by atoms with Crippen LogP contribution in [0.25, 0.3) is 0 Å². The summed E-state index contributed by atoms with van der Waals surface area (Å²) >= 11 is 0. The molecule has 0 saturated heterocycles. The van der Waals surface area contributed by atoms with Crippen LogP contribution in [0.15, 0.2) is 18.2 Å². The molecule has 1 N–H and O–H groups in total. The first kappa shape index (κ1) is 19.7. The standard InChI is InChI=1S/C20H33N3O2/c1-15(14-22(5)6)21-13-17-10-7-9-16-11-8-12-23(18(16)17)19(24)25-20(2,3)4/h7,9-10,15,21H,8,11-14H2,1-6H3. The summed E-state index contributed by atoms with van der Waals surface area (Å²) in [5.74, 6) is 0. The van der Waals surface area contributed by atoms with Gasteiger partial charge in [-0.2, -0.15) is 0 Å². The van der Waals surface area contributed by atoms with E-state index in [2.05, 4.69) is 49.4 Å². The second-order valence-electron chi connectivity index (χ2n) is 8.20. The van der Waals surface area contributed by atoms with Crippen molar-refractivity contribution in [2.45, 2.75) is 58.7 Å². The van der Waals surface area contributed by atoms with Crippen LogP contribution in [0, 0.1) is 0 Å². The first-order chi connectivity index (χ1) is 11.7. The van der Waals surface area contributed by atoms with E-state index in [0.717, 1.165) is 37.2 Å². The van der Waals surface area contributed by atoms with Crippen LogP contribution in [0.2, 0.25) is 0 Å². The van der Waals surface area contributed by atoms with Gasteiger partial charge in [0, 0.05) is 25.7 Å². The number of hydrogen-bond donors (Lipinski definition) is 1. The van der Waals surface area contributed by atoms with Crippen molar-refractivity contribution in [1.82, 2.24) is 10.2 Å². The van der Waals surface area contributed by atoms with Crippen LogP contribution in [-0.2, 0) is 17.7 Å². The van der Waals surface area contributed by atoms with Gasteiger partial charge < -0.3 is 15.0 Å². The number of carbonyl (C=O) groups is 1. The van der Waals surface area contributed by atoms with Gasteiger partial charge in [0.1, 0.15) is 5.60 Å². The molecule has 0 saturated carbocycles. The minimum absolute atomic E-state index is 0.248. The highest BCUT2D eigenvalue weighted by atomic mass is 16.6. The summed E-state index contributed by atoms with van der Waals surface area (Å²) in [5, 5.41) is 3.57. The number of aryl methyl sites for hydroxylation is 1. The Kier molecular flexibility index (Phi) is 6.47. The minimum atomic E-state index is -0.484. The van der Waals surface area contributed by atoms with Gasteiger partial charge in [-0.1, -0.05) is 18.2 Å². The Morgan fingerprint density at radius 1 is 1.36 bits per heavy atom. The third kappa shape index (κ3) is 5.72. The van der Waals surface area contributed by atoms with Crippen molar-refractivity contribution in [2.75, 3.05) is 32.1 Å². The van der Waals surface area contributed by atoms with E-state index in [0.29, 0.717) is 12.6 Å². The first-order valence-electron chi connectivity index (χ1n) is 9.17. The third-order valence-corrected chi connectivity index (χ3v) is 4.19. The topological polar surface area (TPSA) is 44.8 Å². The van der Waals surface area contributed by atoms with Gasteiger partial charge >= 0.3 is 6.09 Å². The molecular formula is C20H33N3O2. The van der Waals surface area contributed by atoms with Crippen LogP contribution in [0.3, 0.4) is 0 Å².